The predicted molar refractivity (Wildman–Crippen MR) is 98.5 cm³/mol. The number of carbonyl (C=O) groups is 1. The Morgan fingerprint density at radius 1 is 0.920 bits per heavy atom. The molecule has 4 nitrogen and oxygen atoms in total. The number of rotatable bonds is 5. The van der Waals surface area contributed by atoms with Crippen LogP contribution >= 0.6 is 23.2 Å². The van der Waals surface area contributed by atoms with Crippen molar-refractivity contribution in [3.63, 3.8) is 0 Å². The number of pyridine rings is 2. The summed E-state index contributed by atoms with van der Waals surface area (Å²) < 4.78 is 0. The molecule has 0 N–H and O–H groups in total. The minimum atomic E-state index is -0.187. The van der Waals surface area contributed by atoms with Gasteiger partial charge in [-0.3, -0.25) is 14.8 Å². The van der Waals surface area contributed by atoms with E-state index in [1.807, 2.05) is 24.3 Å². The average Bonchev–Trinajstić information content (AvgIpc) is 2.64. The fourth-order valence-electron chi connectivity index (χ4n) is 2.45. The third-order valence-electron chi connectivity index (χ3n) is 3.67. The van der Waals surface area contributed by atoms with E-state index in [1.54, 1.807) is 47.9 Å². The fourth-order valence-corrected chi connectivity index (χ4v) is 2.82. The molecule has 126 valence electrons. The van der Waals surface area contributed by atoms with E-state index in [9.17, 15) is 4.79 Å². The molecule has 25 heavy (non-hydrogen) atoms. The molecule has 0 radical (unpaired) electrons. The number of hydrogen-bond donors (Lipinski definition) is 0. The average molecular weight is 372 g/mol. The molecule has 0 saturated heterocycles. The molecule has 3 aromatic rings. The van der Waals surface area contributed by atoms with Gasteiger partial charge >= 0.3 is 0 Å². The van der Waals surface area contributed by atoms with Crippen LogP contribution in [0.15, 0.2) is 67.3 Å². The van der Waals surface area contributed by atoms with Crippen LogP contribution in [0.25, 0.3) is 0 Å². The highest BCUT2D eigenvalue weighted by atomic mass is 35.5. The normalized spacial score (nSPS) is 10.5. The van der Waals surface area contributed by atoms with Crippen molar-refractivity contribution in [2.45, 2.75) is 13.1 Å². The lowest BCUT2D eigenvalue weighted by atomic mass is 10.1. The van der Waals surface area contributed by atoms with Crippen molar-refractivity contribution in [1.29, 1.82) is 0 Å². The highest BCUT2D eigenvalue weighted by Gasteiger charge is 2.20. The van der Waals surface area contributed by atoms with Gasteiger partial charge in [0, 0.05) is 42.9 Å². The van der Waals surface area contributed by atoms with E-state index in [2.05, 4.69) is 9.97 Å². The van der Waals surface area contributed by atoms with E-state index >= 15 is 0 Å². The minimum Gasteiger partial charge on any atom is -0.330 e. The molecule has 0 atom stereocenters. The Kier molecular flexibility index (Phi) is 5.64. The Bertz CT molecular complexity index is 816. The van der Waals surface area contributed by atoms with Crippen molar-refractivity contribution < 1.29 is 4.79 Å². The summed E-state index contributed by atoms with van der Waals surface area (Å²) in [5.41, 5.74) is 2.29. The van der Waals surface area contributed by atoms with Crippen molar-refractivity contribution in [3.05, 3.63) is 94.0 Å². The first-order valence-electron chi connectivity index (χ1n) is 7.65. The topological polar surface area (TPSA) is 46.1 Å². The molecule has 0 spiro atoms. The zero-order chi connectivity index (χ0) is 17.6. The van der Waals surface area contributed by atoms with E-state index in [4.69, 9.17) is 23.2 Å². The van der Waals surface area contributed by atoms with Gasteiger partial charge in [0.2, 0.25) is 0 Å². The molecule has 6 heteroatoms. The van der Waals surface area contributed by atoms with Gasteiger partial charge in [-0.25, -0.2) is 0 Å². The lowest BCUT2D eigenvalue weighted by Gasteiger charge is -2.23. The molecule has 1 aromatic carbocycles. The lowest BCUT2D eigenvalue weighted by molar-refractivity contribution is 0.0730. The maximum Gasteiger partial charge on any atom is 0.256 e. The summed E-state index contributed by atoms with van der Waals surface area (Å²) in [4.78, 5) is 22.9. The molecular weight excluding hydrogens is 357 g/mol. The molecule has 3 rings (SSSR count). The summed E-state index contributed by atoms with van der Waals surface area (Å²) in [6, 6.07) is 12.4. The largest absolute Gasteiger partial charge is 0.330 e. The van der Waals surface area contributed by atoms with Crippen molar-refractivity contribution in [3.8, 4) is 0 Å². The molecule has 2 aromatic heterocycles. The smallest absolute Gasteiger partial charge is 0.256 e. The number of halogens is 2. The van der Waals surface area contributed by atoms with Crippen LogP contribution in [0.2, 0.25) is 10.0 Å². The van der Waals surface area contributed by atoms with Gasteiger partial charge in [0.15, 0.2) is 0 Å². The number of aromatic nitrogens is 2. The van der Waals surface area contributed by atoms with Crippen LogP contribution in [0.1, 0.15) is 21.5 Å². The maximum absolute atomic E-state index is 13.1. The molecule has 0 saturated carbocycles. The lowest BCUT2D eigenvalue weighted by Crippen LogP contribution is -2.30. The third kappa shape index (κ3) is 4.56. The highest BCUT2D eigenvalue weighted by Crippen LogP contribution is 2.23. The van der Waals surface area contributed by atoms with Gasteiger partial charge in [-0.1, -0.05) is 29.3 Å². The van der Waals surface area contributed by atoms with Crippen LogP contribution in [0.5, 0.6) is 0 Å². The van der Waals surface area contributed by atoms with Gasteiger partial charge in [0.25, 0.3) is 5.91 Å². The zero-order valence-electron chi connectivity index (χ0n) is 13.3. The van der Waals surface area contributed by atoms with Gasteiger partial charge in [0.1, 0.15) is 0 Å². The second kappa shape index (κ2) is 8.10. The predicted octanol–water partition coefficient (Wildman–Crippen LogP) is 4.63. The molecular formula is C19H15Cl2N3O. The zero-order valence-corrected chi connectivity index (χ0v) is 14.8. The van der Waals surface area contributed by atoms with Gasteiger partial charge in [0.05, 0.1) is 10.6 Å². The third-order valence-corrected chi connectivity index (χ3v) is 4.23. The molecule has 0 bridgehead atoms. The van der Waals surface area contributed by atoms with Crippen LogP contribution in [0.4, 0.5) is 0 Å². The summed E-state index contributed by atoms with van der Waals surface area (Å²) in [7, 11) is 0. The molecule has 0 aliphatic carbocycles. The SMILES string of the molecule is O=C(c1cc(Cl)ccc1Cl)N(Cc1ccncc1)Cc1cccnc1. The Morgan fingerprint density at radius 3 is 2.40 bits per heavy atom. The second-order valence-corrected chi connectivity index (χ2v) is 6.35. The molecule has 2 heterocycles. The summed E-state index contributed by atoms with van der Waals surface area (Å²) >= 11 is 12.3. The molecule has 0 unspecified atom stereocenters. The quantitative estimate of drug-likeness (QED) is 0.656. The van der Waals surface area contributed by atoms with Gasteiger partial charge in [-0.15, -0.1) is 0 Å². The molecule has 0 fully saturated rings. The molecule has 1 amide bonds. The first-order valence-corrected chi connectivity index (χ1v) is 8.41. The summed E-state index contributed by atoms with van der Waals surface area (Å²) in [5.74, 6) is -0.187. The Hall–Kier alpha value is -2.43. The van der Waals surface area contributed by atoms with Crippen LogP contribution < -0.4 is 0 Å². The number of benzene rings is 1. The molecule has 0 aliphatic rings. The van der Waals surface area contributed by atoms with Crippen LogP contribution in [-0.2, 0) is 13.1 Å². The van der Waals surface area contributed by atoms with E-state index < -0.39 is 0 Å². The van der Waals surface area contributed by atoms with Gasteiger partial charge in [-0.2, -0.15) is 0 Å². The minimum absolute atomic E-state index is 0.187. The Morgan fingerprint density at radius 2 is 1.68 bits per heavy atom. The summed E-state index contributed by atoms with van der Waals surface area (Å²) in [5, 5.41) is 0.846. The maximum atomic E-state index is 13.1. The van der Waals surface area contributed by atoms with Crippen LogP contribution in [0, 0.1) is 0 Å². The van der Waals surface area contributed by atoms with Gasteiger partial charge < -0.3 is 4.90 Å². The summed E-state index contributed by atoms with van der Waals surface area (Å²) in [6.45, 7) is 0.844. The van der Waals surface area contributed by atoms with Crippen molar-refractivity contribution in [2.24, 2.45) is 0 Å². The number of nitrogens with zero attached hydrogens (tertiary/aromatic N) is 3. The first kappa shape index (κ1) is 17.4. The van der Waals surface area contributed by atoms with Crippen molar-refractivity contribution in [2.75, 3.05) is 0 Å². The standard InChI is InChI=1S/C19H15Cl2N3O/c20-16-3-4-18(21)17(10-16)19(25)24(12-14-5-8-22-9-6-14)13-15-2-1-7-23-11-15/h1-11H,12-13H2. The monoisotopic (exact) mass is 371 g/mol. The van der Waals surface area contributed by atoms with E-state index in [1.165, 1.54) is 0 Å². The Balaban J connectivity index is 1.92. The Labute approximate surface area is 156 Å². The fraction of sp³-hybridized carbons (Fsp3) is 0.105. The number of carbonyl (C=O) groups excluding carboxylic acids is 1. The van der Waals surface area contributed by atoms with Crippen LogP contribution in [0.3, 0.4) is 0 Å². The molecule has 0 aliphatic heterocycles. The second-order valence-electron chi connectivity index (χ2n) is 5.50. The van der Waals surface area contributed by atoms with Gasteiger partial charge in [-0.05, 0) is 47.5 Å². The number of amides is 1. The van der Waals surface area contributed by atoms with E-state index in [-0.39, 0.29) is 5.91 Å². The number of hydrogen-bond acceptors (Lipinski definition) is 3. The van der Waals surface area contributed by atoms with E-state index in [0.717, 1.165) is 11.1 Å². The van der Waals surface area contributed by atoms with Crippen molar-refractivity contribution >= 4 is 29.1 Å². The first-order chi connectivity index (χ1) is 12.1. The van der Waals surface area contributed by atoms with Crippen molar-refractivity contribution in [1.82, 2.24) is 14.9 Å². The van der Waals surface area contributed by atoms with E-state index in [0.29, 0.717) is 28.7 Å². The summed E-state index contributed by atoms with van der Waals surface area (Å²) in [6.07, 6.45) is 6.85. The van der Waals surface area contributed by atoms with Crippen LogP contribution in [-0.4, -0.2) is 20.8 Å². The highest BCUT2D eigenvalue weighted by molar-refractivity contribution is 6.35.